The summed E-state index contributed by atoms with van der Waals surface area (Å²) in [6.07, 6.45) is 1.64. The van der Waals surface area contributed by atoms with Crippen molar-refractivity contribution in [1.82, 2.24) is 4.90 Å². The van der Waals surface area contributed by atoms with Crippen molar-refractivity contribution >= 4 is 35.0 Å². The standard InChI is InChI=1S/C16H17NO4S/c1-16(2,3)21-13(18)10-17-14(19)12(22-15(17)20)9-11-7-5-4-6-8-11/h4-9H,10H2,1-3H3/b12-9+. The highest BCUT2D eigenvalue weighted by atomic mass is 32.2. The van der Waals surface area contributed by atoms with Crippen molar-refractivity contribution in [3.05, 3.63) is 40.8 Å². The summed E-state index contributed by atoms with van der Waals surface area (Å²) in [7, 11) is 0. The molecule has 0 spiro atoms. The molecule has 0 atom stereocenters. The zero-order chi connectivity index (χ0) is 16.3. The molecule has 2 amide bonds. The Kier molecular flexibility index (Phi) is 4.71. The van der Waals surface area contributed by atoms with E-state index in [-0.39, 0.29) is 6.54 Å². The van der Waals surface area contributed by atoms with E-state index in [2.05, 4.69) is 0 Å². The maximum Gasteiger partial charge on any atom is 0.326 e. The van der Waals surface area contributed by atoms with Crippen LogP contribution in [0.2, 0.25) is 0 Å². The zero-order valence-corrected chi connectivity index (χ0v) is 13.5. The number of carbonyl (C=O) groups excluding carboxylic acids is 3. The first-order valence-corrected chi connectivity index (χ1v) is 7.60. The molecule has 0 bridgehead atoms. The highest BCUT2D eigenvalue weighted by Crippen LogP contribution is 2.32. The van der Waals surface area contributed by atoms with Gasteiger partial charge in [0, 0.05) is 0 Å². The Hall–Kier alpha value is -2.08. The van der Waals surface area contributed by atoms with Crippen molar-refractivity contribution in [3.8, 4) is 0 Å². The number of esters is 1. The fraction of sp³-hybridized carbons (Fsp3) is 0.312. The molecule has 0 radical (unpaired) electrons. The number of hydrogen-bond donors (Lipinski definition) is 0. The van der Waals surface area contributed by atoms with E-state index in [1.54, 1.807) is 26.8 Å². The molecule has 2 rings (SSSR count). The summed E-state index contributed by atoms with van der Waals surface area (Å²) in [6, 6.07) is 9.23. The Balaban J connectivity index is 2.09. The van der Waals surface area contributed by atoms with E-state index in [9.17, 15) is 14.4 Å². The van der Waals surface area contributed by atoms with Gasteiger partial charge in [0.2, 0.25) is 0 Å². The van der Waals surface area contributed by atoms with E-state index in [1.165, 1.54) is 0 Å². The lowest BCUT2D eigenvalue weighted by Crippen LogP contribution is -2.37. The smallest absolute Gasteiger partial charge is 0.326 e. The third kappa shape index (κ3) is 4.21. The molecule has 6 heteroatoms. The van der Waals surface area contributed by atoms with Crippen LogP contribution >= 0.6 is 11.8 Å². The number of carbonyl (C=O) groups is 3. The summed E-state index contributed by atoms with van der Waals surface area (Å²) in [6.45, 7) is 4.82. The van der Waals surface area contributed by atoms with Crippen LogP contribution in [0.25, 0.3) is 6.08 Å². The van der Waals surface area contributed by atoms with Gasteiger partial charge in [-0.3, -0.25) is 19.3 Å². The van der Waals surface area contributed by atoms with Crippen LogP contribution in [-0.2, 0) is 14.3 Å². The summed E-state index contributed by atoms with van der Waals surface area (Å²) in [4.78, 5) is 37.1. The molecule has 0 unspecified atom stereocenters. The SMILES string of the molecule is CC(C)(C)OC(=O)CN1C(=O)S/C(=C/c2ccccc2)C1=O. The first-order valence-electron chi connectivity index (χ1n) is 6.78. The molecule has 1 aromatic carbocycles. The van der Waals surface area contributed by atoms with Crippen molar-refractivity contribution in [3.63, 3.8) is 0 Å². The predicted molar refractivity (Wildman–Crippen MR) is 85.0 cm³/mol. The summed E-state index contributed by atoms with van der Waals surface area (Å²) in [5.74, 6) is -1.07. The van der Waals surface area contributed by atoms with E-state index >= 15 is 0 Å². The van der Waals surface area contributed by atoms with Gasteiger partial charge in [-0.2, -0.15) is 0 Å². The molecule has 0 aromatic heterocycles. The molecule has 1 aliphatic rings. The molecule has 22 heavy (non-hydrogen) atoms. The normalized spacial score (nSPS) is 17.2. The van der Waals surface area contributed by atoms with Crippen LogP contribution in [0.3, 0.4) is 0 Å². The lowest BCUT2D eigenvalue weighted by molar-refractivity contribution is -0.156. The Morgan fingerprint density at radius 3 is 2.45 bits per heavy atom. The lowest BCUT2D eigenvalue weighted by Gasteiger charge is -2.21. The molecule has 116 valence electrons. The number of imide groups is 1. The van der Waals surface area contributed by atoms with E-state index in [1.807, 2.05) is 30.3 Å². The highest BCUT2D eigenvalue weighted by molar-refractivity contribution is 8.18. The van der Waals surface area contributed by atoms with Crippen molar-refractivity contribution in [2.45, 2.75) is 26.4 Å². The van der Waals surface area contributed by atoms with Gasteiger partial charge < -0.3 is 4.74 Å². The Morgan fingerprint density at radius 1 is 1.23 bits per heavy atom. The zero-order valence-electron chi connectivity index (χ0n) is 12.7. The van der Waals surface area contributed by atoms with Gasteiger partial charge in [-0.1, -0.05) is 30.3 Å². The monoisotopic (exact) mass is 319 g/mol. The van der Waals surface area contributed by atoms with Crippen LogP contribution in [0.4, 0.5) is 4.79 Å². The molecule has 1 aromatic rings. The number of hydrogen-bond acceptors (Lipinski definition) is 5. The number of thioether (sulfide) groups is 1. The first kappa shape index (κ1) is 16.3. The summed E-state index contributed by atoms with van der Waals surface area (Å²) in [5.41, 5.74) is 0.170. The van der Waals surface area contributed by atoms with Crippen molar-refractivity contribution < 1.29 is 19.1 Å². The van der Waals surface area contributed by atoms with Gasteiger partial charge in [-0.15, -0.1) is 0 Å². The molecule has 0 saturated carbocycles. The van der Waals surface area contributed by atoms with E-state index in [0.29, 0.717) is 4.91 Å². The molecule has 0 N–H and O–H groups in total. The number of rotatable bonds is 3. The minimum atomic E-state index is -0.654. The number of benzene rings is 1. The second-order valence-corrected chi connectivity index (χ2v) is 6.76. The molecule has 1 heterocycles. The average molecular weight is 319 g/mol. The third-order valence-corrected chi connectivity index (χ3v) is 3.59. The third-order valence-electron chi connectivity index (χ3n) is 2.68. The van der Waals surface area contributed by atoms with Gasteiger partial charge in [0.25, 0.3) is 11.1 Å². The Morgan fingerprint density at radius 2 is 1.86 bits per heavy atom. The molecular formula is C16H17NO4S. The largest absolute Gasteiger partial charge is 0.459 e. The molecular weight excluding hydrogens is 302 g/mol. The predicted octanol–water partition coefficient (Wildman–Crippen LogP) is 3.06. The fourth-order valence-corrected chi connectivity index (χ4v) is 2.68. The summed E-state index contributed by atoms with van der Waals surface area (Å²) >= 11 is 0.827. The molecule has 1 saturated heterocycles. The van der Waals surface area contributed by atoms with Gasteiger partial charge in [-0.05, 0) is 44.2 Å². The van der Waals surface area contributed by atoms with Gasteiger partial charge in [0.05, 0.1) is 4.91 Å². The van der Waals surface area contributed by atoms with E-state index in [4.69, 9.17) is 4.74 Å². The minimum absolute atomic E-state index is 0.305. The second-order valence-electron chi connectivity index (χ2n) is 5.76. The van der Waals surface area contributed by atoms with Crippen molar-refractivity contribution in [2.75, 3.05) is 6.54 Å². The van der Waals surface area contributed by atoms with Crippen LogP contribution in [0.5, 0.6) is 0 Å². The number of nitrogens with zero attached hydrogens (tertiary/aromatic N) is 1. The maximum atomic E-state index is 12.2. The molecule has 5 nitrogen and oxygen atoms in total. The highest BCUT2D eigenvalue weighted by Gasteiger charge is 2.37. The quantitative estimate of drug-likeness (QED) is 0.633. The molecule has 0 aliphatic carbocycles. The van der Waals surface area contributed by atoms with Gasteiger partial charge in [0.15, 0.2) is 0 Å². The van der Waals surface area contributed by atoms with E-state index < -0.39 is 22.7 Å². The summed E-state index contributed by atoms with van der Waals surface area (Å²) in [5, 5.41) is -0.460. The fourth-order valence-electron chi connectivity index (χ4n) is 1.84. The van der Waals surface area contributed by atoms with Gasteiger partial charge in [-0.25, -0.2) is 0 Å². The van der Waals surface area contributed by atoms with E-state index in [0.717, 1.165) is 22.2 Å². The molecule has 1 aliphatic heterocycles. The maximum absolute atomic E-state index is 12.2. The van der Waals surface area contributed by atoms with Crippen LogP contribution < -0.4 is 0 Å². The number of ether oxygens (including phenoxy) is 1. The van der Waals surface area contributed by atoms with Gasteiger partial charge >= 0.3 is 5.97 Å². The van der Waals surface area contributed by atoms with Crippen molar-refractivity contribution in [1.29, 1.82) is 0 Å². The molecule has 1 fully saturated rings. The summed E-state index contributed by atoms with van der Waals surface area (Å²) < 4.78 is 5.14. The van der Waals surface area contributed by atoms with Crippen LogP contribution in [0.15, 0.2) is 35.2 Å². The minimum Gasteiger partial charge on any atom is -0.459 e. The Labute approximate surface area is 133 Å². The van der Waals surface area contributed by atoms with Crippen molar-refractivity contribution in [2.24, 2.45) is 0 Å². The Bertz CT molecular complexity index is 631. The van der Waals surface area contributed by atoms with Crippen LogP contribution in [-0.4, -0.2) is 34.2 Å². The lowest BCUT2D eigenvalue weighted by atomic mass is 10.2. The second kappa shape index (κ2) is 6.36. The average Bonchev–Trinajstić information content (AvgIpc) is 2.66. The van der Waals surface area contributed by atoms with Gasteiger partial charge in [0.1, 0.15) is 12.1 Å². The number of amides is 2. The topological polar surface area (TPSA) is 63.7 Å². The van der Waals surface area contributed by atoms with Crippen LogP contribution in [0, 0.1) is 0 Å². The first-order chi connectivity index (χ1) is 10.3. The van der Waals surface area contributed by atoms with Crippen LogP contribution in [0.1, 0.15) is 26.3 Å².